The Hall–Kier alpha value is -0.820. The van der Waals surface area contributed by atoms with E-state index in [1.54, 1.807) is 6.92 Å². The molecule has 7 heteroatoms. The number of fused-ring (bicyclic) bond motifs is 1. The lowest BCUT2D eigenvalue weighted by Gasteiger charge is -2.34. The van der Waals surface area contributed by atoms with Crippen molar-refractivity contribution >= 4 is 27.5 Å². The number of sulfonamides is 1. The van der Waals surface area contributed by atoms with Gasteiger partial charge >= 0.3 is 0 Å². The number of hydrogen-bond acceptors (Lipinski definition) is 3. The highest BCUT2D eigenvalue weighted by Gasteiger charge is 2.32. The number of benzene rings is 1. The maximum absolute atomic E-state index is 13.6. The summed E-state index contributed by atoms with van der Waals surface area (Å²) in [5.74, 6) is -1.53. The molecule has 0 aliphatic carbocycles. The Labute approximate surface area is 103 Å². The van der Waals surface area contributed by atoms with Crippen molar-refractivity contribution in [3.63, 3.8) is 0 Å². The lowest BCUT2D eigenvalue weighted by atomic mass is 10.2. The Morgan fingerprint density at radius 2 is 2.06 bits per heavy atom. The van der Waals surface area contributed by atoms with Crippen LogP contribution in [0.5, 0.6) is 0 Å². The van der Waals surface area contributed by atoms with Crippen LogP contribution in [0.15, 0.2) is 17.0 Å². The molecule has 1 aromatic carbocycles. The molecule has 17 heavy (non-hydrogen) atoms. The standard InChI is InChI=1S/C10H11F2NO2S2/c1-6-5-16-10-8(13(6)17(2,14)15)4-3-7(11)9(10)12/h3-4,6H,5H2,1-2H3/t6-/m1/s1. The Morgan fingerprint density at radius 1 is 1.41 bits per heavy atom. The van der Waals surface area contributed by atoms with Crippen molar-refractivity contribution in [1.29, 1.82) is 0 Å². The Balaban J connectivity index is 2.65. The fourth-order valence-corrected chi connectivity index (χ4v) is 4.33. The summed E-state index contributed by atoms with van der Waals surface area (Å²) in [7, 11) is -3.49. The average Bonchev–Trinajstić information content (AvgIpc) is 2.21. The van der Waals surface area contributed by atoms with E-state index < -0.39 is 21.7 Å². The van der Waals surface area contributed by atoms with E-state index in [1.807, 2.05) is 0 Å². The van der Waals surface area contributed by atoms with E-state index in [-0.39, 0.29) is 16.6 Å². The number of thioether (sulfide) groups is 1. The van der Waals surface area contributed by atoms with Gasteiger partial charge < -0.3 is 0 Å². The first-order valence-corrected chi connectivity index (χ1v) is 7.76. The molecule has 0 N–H and O–H groups in total. The van der Waals surface area contributed by atoms with Crippen LogP contribution in [-0.2, 0) is 10.0 Å². The first kappa shape index (κ1) is 12.6. The molecule has 0 saturated heterocycles. The van der Waals surface area contributed by atoms with Crippen molar-refractivity contribution in [2.75, 3.05) is 16.3 Å². The molecule has 94 valence electrons. The van der Waals surface area contributed by atoms with E-state index >= 15 is 0 Å². The van der Waals surface area contributed by atoms with E-state index in [2.05, 4.69) is 0 Å². The van der Waals surface area contributed by atoms with Gasteiger partial charge in [-0.1, -0.05) is 0 Å². The zero-order chi connectivity index (χ0) is 12.8. The van der Waals surface area contributed by atoms with Gasteiger partial charge in [-0.05, 0) is 19.1 Å². The zero-order valence-electron chi connectivity index (χ0n) is 9.28. The van der Waals surface area contributed by atoms with Crippen molar-refractivity contribution in [1.82, 2.24) is 0 Å². The van der Waals surface area contributed by atoms with E-state index in [0.29, 0.717) is 5.75 Å². The van der Waals surface area contributed by atoms with E-state index in [0.717, 1.165) is 28.4 Å². The SMILES string of the molecule is C[C@@H]1CSc2c(ccc(F)c2F)N1S(C)(=O)=O. The molecule has 1 aliphatic heterocycles. The van der Waals surface area contributed by atoms with Crippen molar-refractivity contribution in [3.05, 3.63) is 23.8 Å². The van der Waals surface area contributed by atoms with Crippen LogP contribution in [0.3, 0.4) is 0 Å². The van der Waals surface area contributed by atoms with Gasteiger partial charge in [-0.15, -0.1) is 11.8 Å². The van der Waals surface area contributed by atoms with Crippen LogP contribution in [0.4, 0.5) is 14.5 Å². The van der Waals surface area contributed by atoms with Gasteiger partial charge in [-0.25, -0.2) is 17.2 Å². The van der Waals surface area contributed by atoms with Crippen molar-refractivity contribution in [2.45, 2.75) is 17.9 Å². The minimum atomic E-state index is -3.49. The van der Waals surface area contributed by atoms with Crippen molar-refractivity contribution in [3.8, 4) is 0 Å². The van der Waals surface area contributed by atoms with Gasteiger partial charge in [-0.2, -0.15) is 0 Å². The predicted octanol–water partition coefficient (Wildman–Crippen LogP) is 2.22. The zero-order valence-corrected chi connectivity index (χ0v) is 10.9. The van der Waals surface area contributed by atoms with Crippen molar-refractivity contribution < 1.29 is 17.2 Å². The number of anilines is 1. The van der Waals surface area contributed by atoms with Gasteiger partial charge in [0.15, 0.2) is 11.6 Å². The second-order valence-corrected chi connectivity index (χ2v) is 6.82. The van der Waals surface area contributed by atoms with E-state index in [1.165, 1.54) is 6.07 Å². The minimum absolute atomic E-state index is 0.0634. The number of hydrogen-bond donors (Lipinski definition) is 0. The molecular weight excluding hydrogens is 268 g/mol. The van der Waals surface area contributed by atoms with Crippen LogP contribution in [0, 0.1) is 11.6 Å². The summed E-state index contributed by atoms with van der Waals surface area (Å²) in [6, 6.07) is 1.98. The van der Waals surface area contributed by atoms with Crippen LogP contribution in [0.1, 0.15) is 6.92 Å². The Morgan fingerprint density at radius 3 is 2.65 bits per heavy atom. The fraction of sp³-hybridized carbons (Fsp3) is 0.400. The van der Waals surface area contributed by atoms with Crippen molar-refractivity contribution in [2.24, 2.45) is 0 Å². The smallest absolute Gasteiger partial charge is 0.232 e. The molecule has 0 unspecified atom stereocenters. The highest BCUT2D eigenvalue weighted by molar-refractivity contribution is 8.00. The predicted molar refractivity (Wildman–Crippen MR) is 63.9 cm³/mol. The van der Waals surface area contributed by atoms with Crippen LogP contribution in [0.2, 0.25) is 0 Å². The topological polar surface area (TPSA) is 37.4 Å². The molecule has 0 amide bonds. The first-order chi connectivity index (χ1) is 7.82. The monoisotopic (exact) mass is 279 g/mol. The molecule has 1 heterocycles. The molecule has 1 atom stereocenters. The summed E-state index contributed by atoms with van der Waals surface area (Å²) < 4.78 is 51.1. The van der Waals surface area contributed by atoms with Crippen LogP contribution in [-0.4, -0.2) is 26.5 Å². The summed E-state index contributed by atoms with van der Waals surface area (Å²) in [6.45, 7) is 1.73. The molecule has 0 radical (unpaired) electrons. The third-order valence-corrected chi connectivity index (χ3v) is 5.09. The lowest BCUT2D eigenvalue weighted by molar-refractivity contribution is 0.490. The minimum Gasteiger partial charge on any atom is -0.266 e. The summed E-state index contributed by atoms with van der Waals surface area (Å²) in [5, 5.41) is 0. The molecular formula is C10H11F2NO2S2. The second-order valence-electron chi connectivity index (χ2n) is 3.93. The van der Waals surface area contributed by atoms with Crippen LogP contribution < -0.4 is 4.31 Å². The van der Waals surface area contributed by atoms with Gasteiger partial charge in [0, 0.05) is 5.75 Å². The maximum atomic E-state index is 13.6. The van der Waals surface area contributed by atoms with Gasteiger partial charge in [0.05, 0.1) is 22.9 Å². The van der Waals surface area contributed by atoms with Crippen LogP contribution >= 0.6 is 11.8 Å². The molecule has 0 bridgehead atoms. The first-order valence-electron chi connectivity index (χ1n) is 4.92. The average molecular weight is 279 g/mol. The maximum Gasteiger partial charge on any atom is 0.232 e. The molecule has 0 saturated carbocycles. The quantitative estimate of drug-likeness (QED) is 0.791. The highest BCUT2D eigenvalue weighted by atomic mass is 32.2. The second kappa shape index (κ2) is 4.13. The summed E-state index contributed by atoms with van der Waals surface area (Å²) >= 11 is 1.14. The third-order valence-electron chi connectivity index (χ3n) is 2.49. The largest absolute Gasteiger partial charge is 0.266 e. The number of nitrogens with zero attached hydrogens (tertiary/aromatic N) is 1. The Bertz CT molecular complexity index is 560. The van der Waals surface area contributed by atoms with E-state index in [9.17, 15) is 17.2 Å². The molecule has 0 spiro atoms. The van der Waals surface area contributed by atoms with Gasteiger partial charge in [0.1, 0.15) is 0 Å². The van der Waals surface area contributed by atoms with Crippen LogP contribution in [0.25, 0.3) is 0 Å². The molecule has 0 fully saturated rings. The highest BCUT2D eigenvalue weighted by Crippen LogP contribution is 2.41. The summed E-state index contributed by atoms with van der Waals surface area (Å²) in [4.78, 5) is 0.0634. The normalized spacial score (nSPS) is 20.2. The molecule has 1 aromatic rings. The molecule has 1 aliphatic rings. The fourth-order valence-electron chi connectivity index (χ4n) is 1.85. The van der Waals surface area contributed by atoms with Gasteiger partial charge in [0.25, 0.3) is 0 Å². The molecule has 2 rings (SSSR count). The Kier molecular flexibility index (Phi) is 3.07. The summed E-state index contributed by atoms with van der Waals surface area (Å²) in [6.07, 6.45) is 1.06. The van der Waals surface area contributed by atoms with Gasteiger partial charge in [-0.3, -0.25) is 4.31 Å². The molecule has 0 aromatic heterocycles. The van der Waals surface area contributed by atoms with E-state index in [4.69, 9.17) is 0 Å². The third kappa shape index (κ3) is 2.13. The number of rotatable bonds is 1. The molecule has 3 nitrogen and oxygen atoms in total. The van der Waals surface area contributed by atoms with Gasteiger partial charge in [0.2, 0.25) is 10.0 Å². The lowest BCUT2D eigenvalue weighted by Crippen LogP contribution is -2.42. The number of halogens is 2. The summed E-state index contributed by atoms with van der Waals surface area (Å²) in [5.41, 5.74) is 0.218.